The normalized spacial score (nSPS) is 13.0. The highest BCUT2D eigenvalue weighted by Crippen LogP contribution is 2.06. The van der Waals surface area contributed by atoms with Gasteiger partial charge in [-0.15, -0.1) is 0 Å². The highest BCUT2D eigenvalue weighted by molar-refractivity contribution is 5.79. The lowest BCUT2D eigenvalue weighted by molar-refractivity contribution is 0.292. The Bertz CT molecular complexity index is 677. The maximum absolute atomic E-state index is 4.36. The molecule has 0 aliphatic heterocycles. The molecule has 7 nitrogen and oxygen atoms in total. The smallest absolute Gasteiger partial charge is 0.191 e. The van der Waals surface area contributed by atoms with Crippen molar-refractivity contribution in [1.29, 1.82) is 0 Å². The predicted molar refractivity (Wildman–Crippen MR) is 111 cm³/mol. The van der Waals surface area contributed by atoms with Crippen LogP contribution in [0, 0.1) is 0 Å². The Hall–Kier alpha value is -2.41. The Labute approximate surface area is 162 Å². The fourth-order valence-electron chi connectivity index (χ4n) is 2.95. The molecule has 2 aromatic rings. The first kappa shape index (κ1) is 20.9. The molecule has 0 radical (unpaired) electrons. The molecule has 148 valence electrons. The molecule has 0 aliphatic carbocycles. The first-order valence-corrected chi connectivity index (χ1v) is 9.80. The van der Waals surface area contributed by atoms with Crippen molar-refractivity contribution in [3.8, 4) is 5.82 Å². The van der Waals surface area contributed by atoms with E-state index in [1.165, 1.54) is 6.42 Å². The SMILES string of the molecule is CCN(CC)CCCC(C)NC(=NC)NCc1ccnc(-n2cccn2)c1. The van der Waals surface area contributed by atoms with Gasteiger partial charge in [-0.3, -0.25) is 4.99 Å². The average molecular weight is 372 g/mol. The highest BCUT2D eigenvalue weighted by Gasteiger charge is 2.07. The van der Waals surface area contributed by atoms with E-state index in [0.717, 1.165) is 43.4 Å². The Morgan fingerprint density at radius 2 is 2.11 bits per heavy atom. The average Bonchev–Trinajstić information content (AvgIpc) is 3.23. The van der Waals surface area contributed by atoms with Crippen molar-refractivity contribution in [1.82, 2.24) is 30.3 Å². The second kappa shape index (κ2) is 11.3. The first-order chi connectivity index (χ1) is 13.2. The topological polar surface area (TPSA) is 70.4 Å². The van der Waals surface area contributed by atoms with E-state index in [4.69, 9.17) is 0 Å². The van der Waals surface area contributed by atoms with E-state index in [2.05, 4.69) is 51.4 Å². The van der Waals surface area contributed by atoms with Crippen molar-refractivity contribution in [3.05, 3.63) is 42.4 Å². The standard InChI is InChI=1S/C20H33N7/c1-5-26(6-2)13-7-9-17(3)25-20(21-4)23-16-18-10-12-22-19(15-18)27-14-8-11-24-27/h8,10-12,14-15,17H,5-7,9,13,16H2,1-4H3,(H2,21,23,25). The molecule has 2 rings (SSSR count). The molecule has 1 unspecified atom stereocenters. The zero-order valence-corrected chi connectivity index (χ0v) is 17.0. The predicted octanol–water partition coefficient (Wildman–Crippen LogP) is 2.44. The maximum atomic E-state index is 4.36. The van der Waals surface area contributed by atoms with Gasteiger partial charge in [-0.25, -0.2) is 9.67 Å². The third kappa shape index (κ3) is 7.02. The van der Waals surface area contributed by atoms with Crippen LogP contribution < -0.4 is 10.6 Å². The van der Waals surface area contributed by atoms with Gasteiger partial charge in [0.15, 0.2) is 11.8 Å². The third-order valence-electron chi connectivity index (χ3n) is 4.62. The molecule has 0 fully saturated rings. The molecule has 7 heteroatoms. The summed E-state index contributed by atoms with van der Waals surface area (Å²) in [6.07, 6.45) is 7.75. The van der Waals surface area contributed by atoms with Crippen LogP contribution in [0.2, 0.25) is 0 Å². The highest BCUT2D eigenvalue weighted by atomic mass is 15.3. The van der Waals surface area contributed by atoms with E-state index in [-0.39, 0.29) is 0 Å². The van der Waals surface area contributed by atoms with Gasteiger partial charge in [-0.2, -0.15) is 5.10 Å². The van der Waals surface area contributed by atoms with Crippen LogP contribution in [0.5, 0.6) is 0 Å². The number of rotatable bonds is 10. The van der Waals surface area contributed by atoms with Crippen LogP contribution in [0.3, 0.4) is 0 Å². The van der Waals surface area contributed by atoms with Crippen LogP contribution in [0.25, 0.3) is 5.82 Å². The van der Waals surface area contributed by atoms with Crippen LogP contribution in [0.15, 0.2) is 41.8 Å². The molecular weight excluding hydrogens is 338 g/mol. The minimum Gasteiger partial charge on any atom is -0.354 e. The van der Waals surface area contributed by atoms with Gasteiger partial charge in [-0.1, -0.05) is 13.8 Å². The van der Waals surface area contributed by atoms with E-state index in [9.17, 15) is 0 Å². The molecule has 0 bridgehead atoms. The Morgan fingerprint density at radius 1 is 1.30 bits per heavy atom. The van der Waals surface area contributed by atoms with E-state index in [1.807, 2.05) is 24.4 Å². The molecule has 2 aromatic heterocycles. The van der Waals surface area contributed by atoms with Gasteiger partial charge in [-0.05, 0) is 63.2 Å². The summed E-state index contributed by atoms with van der Waals surface area (Å²) in [7, 11) is 1.81. The van der Waals surface area contributed by atoms with Gasteiger partial charge in [0.05, 0.1) is 0 Å². The van der Waals surface area contributed by atoms with Crippen molar-refractivity contribution in [2.45, 2.75) is 46.2 Å². The summed E-state index contributed by atoms with van der Waals surface area (Å²) in [4.78, 5) is 11.2. The summed E-state index contributed by atoms with van der Waals surface area (Å²) >= 11 is 0. The van der Waals surface area contributed by atoms with Gasteiger partial charge < -0.3 is 15.5 Å². The summed E-state index contributed by atoms with van der Waals surface area (Å²) in [5.41, 5.74) is 1.13. The quantitative estimate of drug-likeness (QED) is 0.496. The van der Waals surface area contributed by atoms with E-state index in [0.29, 0.717) is 12.6 Å². The number of guanidine groups is 1. The van der Waals surface area contributed by atoms with Gasteiger partial charge in [0.2, 0.25) is 0 Å². The molecule has 0 aromatic carbocycles. The van der Waals surface area contributed by atoms with Crippen LogP contribution in [-0.2, 0) is 6.54 Å². The van der Waals surface area contributed by atoms with Gasteiger partial charge in [0.25, 0.3) is 0 Å². The Morgan fingerprint density at radius 3 is 2.78 bits per heavy atom. The second-order valence-corrected chi connectivity index (χ2v) is 6.61. The molecule has 2 heterocycles. The van der Waals surface area contributed by atoms with E-state index in [1.54, 1.807) is 24.1 Å². The molecule has 0 saturated heterocycles. The number of nitrogens with zero attached hydrogens (tertiary/aromatic N) is 5. The fourth-order valence-corrected chi connectivity index (χ4v) is 2.95. The molecule has 0 amide bonds. The Balaban J connectivity index is 1.79. The number of aromatic nitrogens is 3. The Kier molecular flexibility index (Phi) is 8.77. The molecular formula is C20H33N7. The minimum absolute atomic E-state index is 0.379. The van der Waals surface area contributed by atoms with Crippen LogP contribution in [0.1, 0.15) is 39.2 Å². The van der Waals surface area contributed by atoms with Crippen molar-refractivity contribution < 1.29 is 0 Å². The van der Waals surface area contributed by atoms with E-state index >= 15 is 0 Å². The third-order valence-corrected chi connectivity index (χ3v) is 4.62. The molecule has 0 saturated carbocycles. The number of pyridine rings is 1. The lowest BCUT2D eigenvalue weighted by atomic mass is 10.2. The fraction of sp³-hybridized carbons (Fsp3) is 0.550. The number of hydrogen-bond acceptors (Lipinski definition) is 4. The molecule has 0 spiro atoms. The maximum Gasteiger partial charge on any atom is 0.191 e. The summed E-state index contributed by atoms with van der Waals surface area (Å²) in [5.74, 6) is 1.63. The van der Waals surface area contributed by atoms with Crippen molar-refractivity contribution in [2.24, 2.45) is 4.99 Å². The number of nitrogens with one attached hydrogen (secondary N) is 2. The number of aliphatic imine (C=N–C) groups is 1. The molecule has 1 atom stereocenters. The lowest BCUT2D eigenvalue weighted by Crippen LogP contribution is -2.42. The van der Waals surface area contributed by atoms with Crippen molar-refractivity contribution in [3.63, 3.8) is 0 Å². The second-order valence-electron chi connectivity index (χ2n) is 6.61. The lowest BCUT2D eigenvalue weighted by Gasteiger charge is -2.21. The van der Waals surface area contributed by atoms with Gasteiger partial charge >= 0.3 is 0 Å². The molecule has 0 aliphatic rings. The molecule has 2 N–H and O–H groups in total. The van der Waals surface area contributed by atoms with Crippen LogP contribution >= 0.6 is 0 Å². The summed E-state index contributed by atoms with van der Waals surface area (Å²) in [6.45, 7) is 10.7. The van der Waals surface area contributed by atoms with Gasteiger partial charge in [0, 0.05) is 38.2 Å². The summed E-state index contributed by atoms with van der Waals surface area (Å²) < 4.78 is 1.76. The largest absolute Gasteiger partial charge is 0.354 e. The summed E-state index contributed by atoms with van der Waals surface area (Å²) in [6, 6.07) is 6.30. The van der Waals surface area contributed by atoms with E-state index < -0.39 is 0 Å². The first-order valence-electron chi connectivity index (χ1n) is 9.80. The van der Waals surface area contributed by atoms with Crippen LogP contribution in [-0.4, -0.2) is 58.3 Å². The zero-order valence-electron chi connectivity index (χ0n) is 17.0. The molecule has 27 heavy (non-hydrogen) atoms. The number of hydrogen-bond donors (Lipinski definition) is 2. The van der Waals surface area contributed by atoms with Crippen molar-refractivity contribution in [2.75, 3.05) is 26.7 Å². The zero-order chi connectivity index (χ0) is 19.5. The van der Waals surface area contributed by atoms with Gasteiger partial charge in [0.1, 0.15) is 0 Å². The minimum atomic E-state index is 0.379. The summed E-state index contributed by atoms with van der Waals surface area (Å²) in [5, 5.41) is 11.1. The van der Waals surface area contributed by atoms with Crippen LogP contribution in [0.4, 0.5) is 0 Å². The monoisotopic (exact) mass is 371 g/mol. The van der Waals surface area contributed by atoms with Crippen molar-refractivity contribution >= 4 is 5.96 Å².